The Kier molecular flexibility index (Phi) is 2.13. The molecule has 2 fully saturated rings. The van der Waals surface area contributed by atoms with Gasteiger partial charge in [-0.1, -0.05) is 13.8 Å². The fourth-order valence-electron chi connectivity index (χ4n) is 2.39. The van der Waals surface area contributed by atoms with E-state index in [9.17, 15) is 5.11 Å². The van der Waals surface area contributed by atoms with E-state index in [2.05, 4.69) is 13.8 Å². The van der Waals surface area contributed by atoms with Crippen LogP contribution >= 0.6 is 0 Å². The molecule has 3 nitrogen and oxygen atoms in total. The average Bonchev–Trinajstić information content (AvgIpc) is 2.46. The summed E-state index contributed by atoms with van der Waals surface area (Å²) in [7, 11) is 0. The van der Waals surface area contributed by atoms with Crippen molar-refractivity contribution in [2.75, 3.05) is 13.2 Å². The van der Waals surface area contributed by atoms with E-state index in [1.54, 1.807) is 0 Å². The Morgan fingerprint density at radius 2 is 1.85 bits per heavy atom. The van der Waals surface area contributed by atoms with Crippen molar-refractivity contribution < 1.29 is 14.6 Å². The van der Waals surface area contributed by atoms with E-state index < -0.39 is 0 Å². The van der Waals surface area contributed by atoms with Crippen LogP contribution in [0.15, 0.2) is 0 Å². The number of aliphatic hydroxyl groups excluding tert-OH is 1. The molecule has 76 valence electrons. The van der Waals surface area contributed by atoms with Crippen LogP contribution < -0.4 is 0 Å². The number of hydrogen-bond acceptors (Lipinski definition) is 3. The minimum absolute atomic E-state index is 0.0808. The topological polar surface area (TPSA) is 38.7 Å². The highest BCUT2D eigenvalue weighted by Crippen LogP contribution is 2.45. The van der Waals surface area contributed by atoms with Gasteiger partial charge in [-0.05, 0) is 11.8 Å². The van der Waals surface area contributed by atoms with E-state index in [1.807, 2.05) is 0 Å². The van der Waals surface area contributed by atoms with Crippen LogP contribution in [0.1, 0.15) is 33.1 Å². The van der Waals surface area contributed by atoms with Crippen LogP contribution in [0, 0.1) is 5.41 Å². The Morgan fingerprint density at radius 1 is 1.23 bits per heavy atom. The smallest absolute Gasteiger partial charge is 0.169 e. The molecule has 1 spiro atoms. The maximum absolute atomic E-state index is 9.77. The molecule has 2 aliphatic rings. The molecule has 1 saturated heterocycles. The fraction of sp³-hybridized carbons (Fsp3) is 1.00. The van der Waals surface area contributed by atoms with Gasteiger partial charge >= 0.3 is 0 Å². The van der Waals surface area contributed by atoms with E-state index in [1.165, 1.54) is 0 Å². The second kappa shape index (κ2) is 2.94. The summed E-state index contributed by atoms with van der Waals surface area (Å²) < 4.78 is 11.3. The minimum atomic E-state index is -0.372. The lowest BCUT2D eigenvalue weighted by molar-refractivity contribution is -0.217. The molecule has 2 rings (SSSR count). The molecular formula is C10H18O3. The quantitative estimate of drug-likeness (QED) is 0.619. The number of hydrogen-bond donors (Lipinski definition) is 1. The lowest BCUT2D eigenvalue weighted by Crippen LogP contribution is -2.46. The van der Waals surface area contributed by atoms with Gasteiger partial charge in [0.1, 0.15) is 0 Å². The fourth-order valence-corrected chi connectivity index (χ4v) is 2.39. The molecule has 1 atom stereocenters. The van der Waals surface area contributed by atoms with Gasteiger partial charge < -0.3 is 14.6 Å². The monoisotopic (exact) mass is 186 g/mol. The SMILES string of the molecule is CC1(C)CC2(CC[C@H]1O)OCCO2. The van der Waals surface area contributed by atoms with Crippen LogP contribution in [-0.2, 0) is 9.47 Å². The molecule has 13 heavy (non-hydrogen) atoms. The molecule has 0 unspecified atom stereocenters. The summed E-state index contributed by atoms with van der Waals surface area (Å²) in [6.45, 7) is 5.55. The number of ether oxygens (including phenoxy) is 2. The van der Waals surface area contributed by atoms with Crippen molar-refractivity contribution in [1.82, 2.24) is 0 Å². The molecular weight excluding hydrogens is 168 g/mol. The Morgan fingerprint density at radius 3 is 2.38 bits per heavy atom. The van der Waals surface area contributed by atoms with Gasteiger partial charge in [0.15, 0.2) is 5.79 Å². The lowest BCUT2D eigenvalue weighted by Gasteiger charge is -2.44. The van der Waals surface area contributed by atoms with Crippen molar-refractivity contribution >= 4 is 0 Å². The van der Waals surface area contributed by atoms with E-state index >= 15 is 0 Å². The maximum atomic E-state index is 9.77. The van der Waals surface area contributed by atoms with Crippen LogP contribution in [0.3, 0.4) is 0 Å². The first kappa shape index (κ1) is 9.44. The van der Waals surface area contributed by atoms with Crippen molar-refractivity contribution in [2.45, 2.75) is 45.0 Å². The second-order valence-electron chi connectivity index (χ2n) is 4.83. The van der Waals surface area contributed by atoms with Gasteiger partial charge in [-0.2, -0.15) is 0 Å². The molecule has 0 aromatic carbocycles. The number of rotatable bonds is 0. The normalized spacial score (nSPS) is 36.7. The first-order valence-corrected chi connectivity index (χ1v) is 5.00. The molecule has 0 aromatic rings. The zero-order valence-electron chi connectivity index (χ0n) is 8.38. The Balaban J connectivity index is 2.10. The molecule has 0 aromatic heterocycles. The third-order valence-corrected chi connectivity index (χ3v) is 3.24. The summed E-state index contributed by atoms with van der Waals surface area (Å²) in [6, 6.07) is 0. The summed E-state index contributed by atoms with van der Waals surface area (Å²) >= 11 is 0. The molecule has 0 amide bonds. The Bertz CT molecular complexity index is 194. The van der Waals surface area contributed by atoms with Crippen LogP contribution in [0.25, 0.3) is 0 Å². The van der Waals surface area contributed by atoms with Crippen LogP contribution in [0.4, 0.5) is 0 Å². The zero-order chi connectivity index (χ0) is 9.53. The van der Waals surface area contributed by atoms with Crippen molar-refractivity contribution in [3.05, 3.63) is 0 Å². The highest BCUT2D eigenvalue weighted by Gasteiger charge is 2.48. The zero-order valence-corrected chi connectivity index (χ0v) is 8.38. The Hall–Kier alpha value is -0.120. The van der Waals surface area contributed by atoms with Gasteiger partial charge in [-0.3, -0.25) is 0 Å². The molecule has 1 saturated carbocycles. The van der Waals surface area contributed by atoms with Crippen LogP contribution in [-0.4, -0.2) is 30.2 Å². The van der Waals surface area contributed by atoms with E-state index in [0.717, 1.165) is 19.3 Å². The average molecular weight is 186 g/mol. The standard InChI is InChI=1S/C10H18O3/c1-9(2)7-10(4-3-8(9)11)12-5-6-13-10/h8,11H,3-7H2,1-2H3/t8-/m1/s1. The Labute approximate surface area is 79.0 Å². The lowest BCUT2D eigenvalue weighted by atomic mass is 9.72. The van der Waals surface area contributed by atoms with Gasteiger partial charge in [0, 0.05) is 12.8 Å². The maximum Gasteiger partial charge on any atom is 0.169 e. The highest BCUT2D eigenvalue weighted by atomic mass is 16.7. The predicted octanol–water partition coefficient (Wildman–Crippen LogP) is 1.30. The van der Waals surface area contributed by atoms with Crippen LogP contribution in [0.5, 0.6) is 0 Å². The van der Waals surface area contributed by atoms with Gasteiger partial charge in [-0.25, -0.2) is 0 Å². The molecule has 0 radical (unpaired) electrons. The van der Waals surface area contributed by atoms with E-state index in [-0.39, 0.29) is 17.3 Å². The molecule has 1 heterocycles. The van der Waals surface area contributed by atoms with Crippen LogP contribution in [0.2, 0.25) is 0 Å². The van der Waals surface area contributed by atoms with Gasteiger partial charge in [0.05, 0.1) is 19.3 Å². The third-order valence-electron chi connectivity index (χ3n) is 3.24. The van der Waals surface area contributed by atoms with Crippen molar-refractivity contribution in [1.29, 1.82) is 0 Å². The van der Waals surface area contributed by atoms with E-state index in [0.29, 0.717) is 13.2 Å². The summed E-state index contributed by atoms with van der Waals surface area (Å²) in [5.41, 5.74) is -0.0808. The minimum Gasteiger partial charge on any atom is -0.393 e. The van der Waals surface area contributed by atoms with Crippen molar-refractivity contribution in [3.8, 4) is 0 Å². The van der Waals surface area contributed by atoms with Gasteiger partial charge in [0.25, 0.3) is 0 Å². The van der Waals surface area contributed by atoms with Gasteiger partial charge in [-0.15, -0.1) is 0 Å². The summed E-state index contributed by atoms with van der Waals surface area (Å²) in [4.78, 5) is 0. The van der Waals surface area contributed by atoms with Crippen molar-refractivity contribution in [2.24, 2.45) is 5.41 Å². The first-order valence-electron chi connectivity index (χ1n) is 5.00. The largest absolute Gasteiger partial charge is 0.393 e. The predicted molar refractivity (Wildman–Crippen MR) is 48.3 cm³/mol. The van der Waals surface area contributed by atoms with E-state index in [4.69, 9.17) is 9.47 Å². The highest BCUT2D eigenvalue weighted by molar-refractivity contribution is 4.92. The molecule has 1 N–H and O–H groups in total. The molecule has 1 aliphatic carbocycles. The number of aliphatic hydroxyl groups is 1. The summed E-state index contributed by atoms with van der Waals surface area (Å²) in [5, 5.41) is 9.77. The molecule has 1 aliphatic heterocycles. The summed E-state index contributed by atoms with van der Waals surface area (Å²) in [6.07, 6.45) is 2.21. The van der Waals surface area contributed by atoms with Crippen molar-refractivity contribution in [3.63, 3.8) is 0 Å². The second-order valence-corrected chi connectivity index (χ2v) is 4.83. The summed E-state index contributed by atoms with van der Waals surface area (Å²) in [5.74, 6) is -0.372. The first-order chi connectivity index (χ1) is 6.04. The third kappa shape index (κ3) is 1.60. The molecule has 0 bridgehead atoms. The molecule has 3 heteroatoms. The van der Waals surface area contributed by atoms with Gasteiger partial charge in [0.2, 0.25) is 0 Å².